The molecular formula is C10H11NO3. The first-order valence-electron chi connectivity index (χ1n) is 5.82. The van der Waals surface area contributed by atoms with Gasteiger partial charge >= 0.3 is 5.97 Å². The molecule has 4 nitrogen and oxygen atoms in total. The molecule has 0 aliphatic heterocycles. The Hall–Kier alpha value is -1.84. The molecule has 0 saturated heterocycles. The molecule has 14 heavy (non-hydrogen) atoms. The van der Waals surface area contributed by atoms with Gasteiger partial charge in [-0.15, -0.1) is 0 Å². The topological polar surface area (TPSA) is 55.4 Å². The summed E-state index contributed by atoms with van der Waals surface area (Å²) >= 11 is 0. The number of ether oxygens (including phenoxy) is 1. The normalized spacial score (nSPS) is 13.3. The monoisotopic (exact) mass is 197 g/mol. The molecule has 0 aromatic heterocycles. The van der Waals surface area contributed by atoms with Crippen molar-refractivity contribution < 1.29 is 19.8 Å². The van der Waals surface area contributed by atoms with Gasteiger partial charge in [0.05, 0.1) is 11.2 Å². The van der Waals surface area contributed by atoms with Crippen molar-refractivity contribution in [3.8, 4) is 5.75 Å². The highest BCUT2D eigenvalue weighted by atomic mass is 16.5. The van der Waals surface area contributed by atoms with Crippen molar-refractivity contribution in [3.63, 3.8) is 0 Å². The summed E-state index contributed by atoms with van der Waals surface area (Å²) in [6, 6.07) is -2.04. The van der Waals surface area contributed by atoms with E-state index in [1.807, 2.05) is 0 Å². The van der Waals surface area contributed by atoms with E-state index in [0.29, 0.717) is 0 Å². The van der Waals surface area contributed by atoms with Crippen LogP contribution in [0, 0.1) is 0 Å². The van der Waals surface area contributed by atoms with Gasteiger partial charge in [0.2, 0.25) is 5.91 Å². The second kappa shape index (κ2) is 4.41. The molecular weight excluding hydrogens is 182 g/mol. The lowest BCUT2D eigenvalue weighted by atomic mass is 10.3. The second-order valence-corrected chi connectivity index (χ2v) is 2.48. The zero-order valence-corrected chi connectivity index (χ0v) is 7.72. The third-order valence-electron chi connectivity index (χ3n) is 1.20. The molecule has 0 aliphatic carbocycles. The number of hydrogen-bond acceptors (Lipinski definition) is 3. The maximum Gasteiger partial charge on any atom is 0.308 e. The minimum absolute atomic E-state index is 0.247. The molecule has 0 bridgehead atoms. The Labute approximate surface area is 87.5 Å². The molecule has 0 radical (unpaired) electrons. The molecule has 74 valence electrons. The average Bonchev–Trinajstić information content (AvgIpc) is 2.27. The third-order valence-corrected chi connectivity index (χ3v) is 1.20. The number of amides is 1. The van der Waals surface area contributed by atoms with E-state index in [1.165, 1.54) is 6.92 Å². The maximum absolute atomic E-state index is 11.0. The number of benzene rings is 1. The van der Waals surface area contributed by atoms with Crippen LogP contribution in [-0.4, -0.2) is 11.9 Å². The van der Waals surface area contributed by atoms with Gasteiger partial charge in [-0.3, -0.25) is 9.59 Å². The van der Waals surface area contributed by atoms with E-state index in [1.54, 1.807) is 0 Å². The Kier molecular flexibility index (Phi) is 1.83. The van der Waals surface area contributed by atoms with Crippen molar-refractivity contribution in [3.05, 3.63) is 24.2 Å². The molecule has 1 N–H and O–H groups in total. The lowest BCUT2D eigenvalue weighted by Gasteiger charge is -2.08. The van der Waals surface area contributed by atoms with Gasteiger partial charge in [-0.25, -0.2) is 0 Å². The Morgan fingerprint density at radius 3 is 2.57 bits per heavy atom. The molecule has 0 spiro atoms. The molecule has 0 aliphatic rings. The van der Waals surface area contributed by atoms with Crippen LogP contribution in [0.15, 0.2) is 24.2 Å². The van der Waals surface area contributed by atoms with Crippen LogP contribution in [0.4, 0.5) is 5.69 Å². The standard InChI is InChI=1S/C10H11NO3/c1-7(12)11-9-5-3-4-6-10(9)14-8(2)13/h3-6H,1-2H3,(H,11,12)/i3D,4D,5D,6D. The minimum atomic E-state index is -0.744. The van der Waals surface area contributed by atoms with Crippen LogP contribution in [-0.2, 0) is 9.59 Å². The number of para-hydroxylation sites is 2. The third kappa shape index (κ3) is 2.90. The molecule has 1 rings (SSSR count). The van der Waals surface area contributed by atoms with E-state index < -0.39 is 36.0 Å². The highest BCUT2D eigenvalue weighted by Crippen LogP contribution is 2.23. The number of anilines is 1. The number of esters is 1. The van der Waals surface area contributed by atoms with Gasteiger partial charge in [-0.1, -0.05) is 12.1 Å². The smallest absolute Gasteiger partial charge is 0.308 e. The van der Waals surface area contributed by atoms with Crippen LogP contribution in [0.5, 0.6) is 5.75 Å². The number of carbonyl (C=O) groups excluding carboxylic acids is 2. The van der Waals surface area contributed by atoms with Gasteiger partial charge in [0, 0.05) is 13.8 Å². The van der Waals surface area contributed by atoms with Crippen molar-refractivity contribution in [2.24, 2.45) is 0 Å². The second-order valence-electron chi connectivity index (χ2n) is 2.48. The van der Waals surface area contributed by atoms with Crippen molar-refractivity contribution in [2.75, 3.05) is 5.32 Å². The lowest BCUT2D eigenvalue weighted by Crippen LogP contribution is -2.09. The predicted molar refractivity (Wildman–Crippen MR) is 52.1 cm³/mol. The molecule has 1 amide bonds. The minimum Gasteiger partial charge on any atom is -0.424 e. The molecule has 0 unspecified atom stereocenters. The highest BCUT2D eigenvalue weighted by Gasteiger charge is 2.05. The van der Waals surface area contributed by atoms with Crippen molar-refractivity contribution >= 4 is 17.6 Å². The summed E-state index contributed by atoms with van der Waals surface area (Å²) in [4.78, 5) is 21.9. The van der Waals surface area contributed by atoms with Crippen molar-refractivity contribution in [1.82, 2.24) is 0 Å². The van der Waals surface area contributed by atoms with Gasteiger partial charge in [-0.2, -0.15) is 0 Å². The van der Waals surface area contributed by atoms with Crippen LogP contribution in [0.3, 0.4) is 0 Å². The predicted octanol–water partition coefficient (Wildman–Crippen LogP) is 1.57. The summed E-state index contributed by atoms with van der Waals surface area (Å²) in [6.45, 7) is 2.28. The molecule has 1 aromatic carbocycles. The van der Waals surface area contributed by atoms with E-state index in [-0.39, 0.29) is 11.4 Å². The zero-order valence-electron chi connectivity index (χ0n) is 11.7. The van der Waals surface area contributed by atoms with E-state index in [4.69, 9.17) is 10.2 Å². The van der Waals surface area contributed by atoms with Crippen molar-refractivity contribution in [1.29, 1.82) is 0 Å². The molecule has 0 fully saturated rings. The summed E-state index contributed by atoms with van der Waals surface area (Å²) in [5.41, 5.74) is -0.247. The summed E-state index contributed by atoms with van der Waals surface area (Å²) < 4.78 is 34.8. The summed E-state index contributed by atoms with van der Waals surface area (Å²) in [5, 5.41) is 2.23. The molecule has 0 atom stereocenters. The van der Waals surface area contributed by atoms with Crippen LogP contribution in [0.2, 0.25) is 0 Å². The van der Waals surface area contributed by atoms with E-state index >= 15 is 0 Å². The van der Waals surface area contributed by atoms with Crippen molar-refractivity contribution in [2.45, 2.75) is 13.8 Å². The zero-order chi connectivity index (χ0) is 14.0. The Morgan fingerprint density at radius 2 is 2.00 bits per heavy atom. The number of hydrogen-bond donors (Lipinski definition) is 1. The van der Waals surface area contributed by atoms with Crippen LogP contribution in [0.25, 0.3) is 0 Å². The Bertz CT molecular complexity index is 484. The first-order valence-corrected chi connectivity index (χ1v) is 3.82. The van der Waals surface area contributed by atoms with Gasteiger partial charge < -0.3 is 10.1 Å². The molecule has 4 heteroatoms. The highest BCUT2D eigenvalue weighted by molar-refractivity contribution is 5.90. The Balaban J connectivity index is 3.52. The van der Waals surface area contributed by atoms with Crippen LogP contribution < -0.4 is 10.1 Å². The van der Waals surface area contributed by atoms with E-state index in [9.17, 15) is 9.59 Å². The van der Waals surface area contributed by atoms with Crippen LogP contribution >= 0.6 is 0 Å². The van der Waals surface area contributed by atoms with E-state index in [2.05, 4.69) is 5.32 Å². The SMILES string of the molecule is [2H]c1c([2H])c([2H])c(OC(C)=O)c(NC(C)=O)c1[2H]. The van der Waals surface area contributed by atoms with Gasteiger partial charge in [0.15, 0.2) is 5.75 Å². The summed E-state index contributed by atoms with van der Waals surface area (Å²) in [6.07, 6.45) is 0. The fourth-order valence-electron chi connectivity index (χ4n) is 0.785. The number of carbonyl (C=O) groups is 2. The largest absolute Gasteiger partial charge is 0.424 e. The fraction of sp³-hybridized carbons (Fsp3) is 0.200. The summed E-state index contributed by atoms with van der Waals surface area (Å²) in [5.74, 6) is -1.66. The number of nitrogens with one attached hydrogen (secondary N) is 1. The first-order chi connectivity index (χ1) is 8.25. The van der Waals surface area contributed by atoms with E-state index in [0.717, 1.165) is 6.92 Å². The fourth-order valence-corrected chi connectivity index (χ4v) is 0.785. The number of rotatable bonds is 2. The van der Waals surface area contributed by atoms with Gasteiger partial charge in [-0.05, 0) is 12.1 Å². The summed E-state index contributed by atoms with van der Waals surface area (Å²) in [7, 11) is 0. The Morgan fingerprint density at radius 1 is 1.36 bits per heavy atom. The van der Waals surface area contributed by atoms with Gasteiger partial charge in [0.25, 0.3) is 0 Å². The van der Waals surface area contributed by atoms with Crippen LogP contribution in [0.1, 0.15) is 19.3 Å². The van der Waals surface area contributed by atoms with Gasteiger partial charge in [0.1, 0.15) is 0 Å². The average molecular weight is 197 g/mol. The lowest BCUT2D eigenvalue weighted by molar-refractivity contribution is -0.131. The maximum atomic E-state index is 11.0. The first kappa shape index (κ1) is 5.80. The molecule has 0 saturated carbocycles. The quantitative estimate of drug-likeness (QED) is 0.578. The molecule has 0 heterocycles. The molecule has 1 aromatic rings.